The molecule has 0 aliphatic heterocycles. The van der Waals surface area contributed by atoms with E-state index in [1.54, 1.807) is 20.8 Å². The van der Waals surface area contributed by atoms with Gasteiger partial charge in [0.15, 0.2) is 0 Å². The first-order chi connectivity index (χ1) is 11.6. The monoisotopic (exact) mass is 358 g/mol. The van der Waals surface area contributed by atoms with Gasteiger partial charge in [0.1, 0.15) is 17.7 Å². The normalized spacial score (nSPS) is 18.1. The zero-order valence-electron chi connectivity index (χ0n) is 15.2. The first kappa shape index (κ1) is 21.2. The van der Waals surface area contributed by atoms with Crippen LogP contribution in [0.15, 0.2) is 0 Å². The van der Waals surface area contributed by atoms with E-state index in [-0.39, 0.29) is 5.92 Å². The maximum Gasteiger partial charge on any atom is 0.408 e. The molecule has 1 aliphatic rings. The Labute approximate surface area is 148 Å². The maximum absolute atomic E-state index is 12.2. The fourth-order valence-electron chi connectivity index (χ4n) is 2.89. The van der Waals surface area contributed by atoms with Gasteiger partial charge in [-0.25, -0.2) is 9.59 Å². The lowest BCUT2D eigenvalue weighted by molar-refractivity contribution is -0.142. The molecular formula is C17H30N2O6. The lowest BCUT2D eigenvalue weighted by Crippen LogP contribution is -2.54. The number of amides is 2. The fraction of sp³-hybridized carbons (Fsp3) is 0.824. The number of alkyl carbamates (subject to hydrolysis) is 1. The zero-order valence-corrected chi connectivity index (χ0v) is 15.2. The molecule has 1 rings (SSSR count). The number of carbonyl (C=O) groups excluding carboxylic acids is 2. The van der Waals surface area contributed by atoms with Crippen molar-refractivity contribution in [3.05, 3.63) is 0 Å². The Balaban J connectivity index is 2.60. The summed E-state index contributed by atoms with van der Waals surface area (Å²) in [5, 5.41) is 23.4. The van der Waals surface area contributed by atoms with Gasteiger partial charge in [-0.3, -0.25) is 4.79 Å². The summed E-state index contributed by atoms with van der Waals surface area (Å²) in [7, 11) is 0. The molecule has 0 aromatic carbocycles. The largest absolute Gasteiger partial charge is 0.480 e. The summed E-state index contributed by atoms with van der Waals surface area (Å²) in [6.07, 6.45) is 4.73. The quantitative estimate of drug-likeness (QED) is 0.545. The van der Waals surface area contributed by atoms with Gasteiger partial charge in [-0.05, 0) is 33.1 Å². The maximum atomic E-state index is 12.2. The lowest BCUT2D eigenvalue weighted by Gasteiger charge is -2.26. The number of aliphatic hydroxyl groups is 1. The van der Waals surface area contributed by atoms with Crippen LogP contribution in [0.25, 0.3) is 0 Å². The van der Waals surface area contributed by atoms with Gasteiger partial charge in [-0.2, -0.15) is 0 Å². The minimum Gasteiger partial charge on any atom is -0.480 e. The van der Waals surface area contributed by atoms with E-state index < -0.39 is 42.3 Å². The zero-order chi connectivity index (χ0) is 19.0. The topological polar surface area (TPSA) is 125 Å². The second-order valence-electron chi connectivity index (χ2n) is 7.52. The van der Waals surface area contributed by atoms with Crippen LogP contribution in [-0.2, 0) is 14.3 Å². The number of carboxylic acid groups (broad SMARTS) is 1. The molecule has 144 valence electrons. The molecule has 0 unspecified atom stereocenters. The minimum atomic E-state index is -1.26. The van der Waals surface area contributed by atoms with Crippen molar-refractivity contribution >= 4 is 18.0 Å². The van der Waals surface area contributed by atoms with Gasteiger partial charge in [0.2, 0.25) is 5.91 Å². The Kier molecular flexibility index (Phi) is 8.15. The van der Waals surface area contributed by atoms with Crippen LogP contribution in [0.1, 0.15) is 59.3 Å². The third-order valence-electron chi connectivity index (χ3n) is 4.10. The van der Waals surface area contributed by atoms with Gasteiger partial charge in [0.25, 0.3) is 0 Å². The van der Waals surface area contributed by atoms with Gasteiger partial charge in [-0.15, -0.1) is 0 Å². The van der Waals surface area contributed by atoms with Crippen molar-refractivity contribution in [1.29, 1.82) is 0 Å². The lowest BCUT2D eigenvalue weighted by atomic mass is 9.85. The number of rotatable bonds is 7. The predicted octanol–water partition coefficient (Wildman–Crippen LogP) is 1.41. The van der Waals surface area contributed by atoms with Crippen molar-refractivity contribution in [2.75, 3.05) is 6.61 Å². The summed E-state index contributed by atoms with van der Waals surface area (Å²) >= 11 is 0. The molecule has 8 nitrogen and oxygen atoms in total. The molecule has 1 saturated carbocycles. The number of aliphatic carboxylic acids is 1. The Morgan fingerprint density at radius 2 is 1.68 bits per heavy atom. The number of aliphatic hydroxyl groups excluding tert-OH is 1. The van der Waals surface area contributed by atoms with Crippen molar-refractivity contribution in [3.8, 4) is 0 Å². The summed E-state index contributed by atoms with van der Waals surface area (Å²) in [5.74, 6) is -1.59. The molecule has 8 heteroatoms. The Morgan fingerprint density at radius 1 is 1.08 bits per heavy atom. The first-order valence-electron chi connectivity index (χ1n) is 8.76. The molecule has 0 aromatic rings. The van der Waals surface area contributed by atoms with E-state index in [4.69, 9.17) is 4.74 Å². The van der Waals surface area contributed by atoms with E-state index in [2.05, 4.69) is 10.6 Å². The molecule has 0 bridgehead atoms. The fourth-order valence-corrected chi connectivity index (χ4v) is 2.89. The number of carbonyl (C=O) groups is 3. The molecule has 0 saturated heterocycles. The van der Waals surface area contributed by atoms with Crippen LogP contribution in [0.2, 0.25) is 0 Å². The minimum absolute atomic E-state index is 0.265. The molecule has 4 N–H and O–H groups in total. The van der Waals surface area contributed by atoms with E-state index in [1.807, 2.05) is 0 Å². The first-order valence-corrected chi connectivity index (χ1v) is 8.76. The van der Waals surface area contributed by atoms with Crippen LogP contribution >= 0.6 is 0 Å². The van der Waals surface area contributed by atoms with E-state index in [1.165, 1.54) is 0 Å². The Bertz CT molecular complexity index is 468. The summed E-state index contributed by atoms with van der Waals surface area (Å²) < 4.78 is 5.04. The predicted molar refractivity (Wildman–Crippen MR) is 91.0 cm³/mol. The third-order valence-corrected chi connectivity index (χ3v) is 4.10. The molecule has 1 fully saturated rings. The highest BCUT2D eigenvalue weighted by Gasteiger charge is 2.29. The van der Waals surface area contributed by atoms with Gasteiger partial charge in [0.05, 0.1) is 6.61 Å². The van der Waals surface area contributed by atoms with Crippen LogP contribution in [0.3, 0.4) is 0 Å². The van der Waals surface area contributed by atoms with E-state index in [9.17, 15) is 24.6 Å². The van der Waals surface area contributed by atoms with Crippen molar-refractivity contribution in [1.82, 2.24) is 10.6 Å². The SMILES string of the molecule is CC(C)(C)OC(=O)N[C@@H](CO)C(=O)N[C@@H](CC1CCCCC1)C(=O)O. The van der Waals surface area contributed by atoms with Gasteiger partial charge >= 0.3 is 12.1 Å². The van der Waals surface area contributed by atoms with Crippen LogP contribution < -0.4 is 10.6 Å². The number of nitrogens with one attached hydrogen (secondary N) is 2. The van der Waals surface area contributed by atoms with E-state index in [0.29, 0.717) is 6.42 Å². The standard InChI is InChI=1S/C17H30N2O6/c1-17(2,3)25-16(24)19-13(10-20)14(21)18-12(15(22)23)9-11-7-5-4-6-8-11/h11-13,20H,4-10H2,1-3H3,(H,18,21)(H,19,24)(H,22,23)/t12-,13-/m0/s1. The number of ether oxygens (including phenoxy) is 1. The average molecular weight is 358 g/mol. The summed E-state index contributed by atoms with van der Waals surface area (Å²) in [6.45, 7) is 4.36. The van der Waals surface area contributed by atoms with Crippen molar-refractivity contribution in [2.45, 2.75) is 77.0 Å². The molecule has 2 amide bonds. The number of hydrogen-bond acceptors (Lipinski definition) is 5. The molecule has 0 heterocycles. The summed E-state index contributed by atoms with van der Waals surface area (Å²) in [4.78, 5) is 35.4. The number of carboxylic acids is 1. The van der Waals surface area contributed by atoms with Crippen LogP contribution in [-0.4, -0.2) is 52.5 Å². The third kappa shape index (κ3) is 8.20. The molecule has 0 radical (unpaired) electrons. The highest BCUT2D eigenvalue weighted by molar-refractivity contribution is 5.89. The second kappa shape index (κ2) is 9.60. The molecule has 2 atom stereocenters. The van der Waals surface area contributed by atoms with Crippen LogP contribution in [0, 0.1) is 5.92 Å². The molecule has 1 aliphatic carbocycles. The van der Waals surface area contributed by atoms with Gasteiger partial charge in [-0.1, -0.05) is 32.1 Å². The highest BCUT2D eigenvalue weighted by Crippen LogP contribution is 2.27. The molecule has 25 heavy (non-hydrogen) atoms. The summed E-state index contributed by atoms with van der Waals surface area (Å²) in [5.41, 5.74) is -0.745. The molecule has 0 aromatic heterocycles. The van der Waals surface area contributed by atoms with Crippen LogP contribution in [0.4, 0.5) is 4.79 Å². The number of hydrogen-bond donors (Lipinski definition) is 4. The average Bonchev–Trinajstić information content (AvgIpc) is 2.51. The Morgan fingerprint density at radius 3 is 2.16 bits per heavy atom. The molecule has 0 spiro atoms. The van der Waals surface area contributed by atoms with E-state index in [0.717, 1.165) is 32.1 Å². The van der Waals surface area contributed by atoms with Crippen molar-refractivity contribution in [3.63, 3.8) is 0 Å². The summed E-state index contributed by atoms with van der Waals surface area (Å²) in [6, 6.07) is -2.30. The van der Waals surface area contributed by atoms with Crippen molar-refractivity contribution in [2.24, 2.45) is 5.92 Å². The highest BCUT2D eigenvalue weighted by atomic mass is 16.6. The Hall–Kier alpha value is -1.83. The van der Waals surface area contributed by atoms with Crippen LogP contribution in [0.5, 0.6) is 0 Å². The second-order valence-corrected chi connectivity index (χ2v) is 7.52. The van der Waals surface area contributed by atoms with Gasteiger partial charge in [0, 0.05) is 0 Å². The van der Waals surface area contributed by atoms with Crippen molar-refractivity contribution < 1.29 is 29.3 Å². The van der Waals surface area contributed by atoms with Gasteiger partial charge < -0.3 is 25.6 Å². The molecular weight excluding hydrogens is 328 g/mol. The van der Waals surface area contributed by atoms with E-state index >= 15 is 0 Å². The smallest absolute Gasteiger partial charge is 0.408 e.